The second kappa shape index (κ2) is 10.5. The van der Waals surface area contributed by atoms with Gasteiger partial charge in [-0.1, -0.05) is 19.8 Å². The van der Waals surface area contributed by atoms with E-state index in [0.717, 1.165) is 67.9 Å². The third kappa shape index (κ3) is 4.60. The number of nitrogens with zero attached hydrogens (tertiary/aromatic N) is 5. The van der Waals surface area contributed by atoms with E-state index in [4.69, 9.17) is 9.72 Å². The van der Waals surface area contributed by atoms with Crippen molar-refractivity contribution in [2.24, 2.45) is 11.8 Å². The standard InChI is InChI=1S/C31H41N7O3/c1-4-25-30(40)37(3)26-15-32-31(35-28(26)38(25)21-7-5-6-8-21)34-24-10-9-23(22-11-12-41-27(22)24)29(39)33-20-13-18-16-36(2)17-19(18)14-20/h9-10,15,18-21,25H,4-8,11-14,16-17H2,1-3H3,(H,33,39)(H,32,34,35)/t18-,19+,20+,25-/m1/s1. The minimum absolute atomic E-state index is 0.00724. The number of nitrogens with one attached hydrogen (secondary N) is 2. The minimum Gasteiger partial charge on any atom is -0.491 e. The van der Waals surface area contributed by atoms with Crippen molar-refractivity contribution in [3.05, 3.63) is 29.5 Å². The van der Waals surface area contributed by atoms with Crippen LogP contribution in [0.15, 0.2) is 18.3 Å². The third-order valence-corrected chi connectivity index (χ3v) is 10.0. The molecule has 0 unspecified atom stereocenters. The fourth-order valence-electron chi connectivity index (χ4n) is 8.09. The second-order valence-corrected chi connectivity index (χ2v) is 12.6. The van der Waals surface area contributed by atoms with Crippen LogP contribution in [0.2, 0.25) is 0 Å². The van der Waals surface area contributed by atoms with E-state index in [1.807, 2.05) is 19.2 Å². The summed E-state index contributed by atoms with van der Waals surface area (Å²) in [5.41, 5.74) is 3.13. The molecule has 1 saturated heterocycles. The Morgan fingerprint density at radius 2 is 1.88 bits per heavy atom. The average molecular weight is 560 g/mol. The van der Waals surface area contributed by atoms with Gasteiger partial charge in [-0.05, 0) is 63.1 Å². The minimum atomic E-state index is -0.218. The first-order valence-corrected chi connectivity index (χ1v) is 15.4. The van der Waals surface area contributed by atoms with Crippen molar-refractivity contribution in [2.75, 3.05) is 48.9 Å². The summed E-state index contributed by atoms with van der Waals surface area (Å²) in [5, 5.41) is 6.71. The Morgan fingerprint density at radius 3 is 2.61 bits per heavy atom. The van der Waals surface area contributed by atoms with Gasteiger partial charge in [0, 0.05) is 49.8 Å². The molecular weight excluding hydrogens is 518 g/mol. The Labute approximate surface area is 241 Å². The van der Waals surface area contributed by atoms with E-state index in [2.05, 4.69) is 39.4 Å². The van der Waals surface area contributed by atoms with Crippen molar-refractivity contribution in [3.8, 4) is 5.75 Å². The van der Waals surface area contributed by atoms with Crippen LogP contribution in [0, 0.1) is 11.8 Å². The lowest BCUT2D eigenvalue weighted by Crippen LogP contribution is -2.55. The number of hydrogen-bond donors (Lipinski definition) is 2. The lowest BCUT2D eigenvalue weighted by molar-refractivity contribution is -0.120. The fraction of sp³-hybridized carbons (Fsp3) is 0.613. The van der Waals surface area contributed by atoms with Crippen molar-refractivity contribution in [2.45, 2.75) is 76.4 Å². The van der Waals surface area contributed by atoms with Gasteiger partial charge in [0.25, 0.3) is 5.91 Å². The predicted molar refractivity (Wildman–Crippen MR) is 158 cm³/mol. The number of benzene rings is 1. The molecular formula is C31H41N7O3. The third-order valence-electron chi connectivity index (χ3n) is 10.0. The molecule has 4 heterocycles. The van der Waals surface area contributed by atoms with Crippen LogP contribution in [-0.2, 0) is 11.2 Å². The number of rotatable bonds is 6. The quantitative estimate of drug-likeness (QED) is 0.552. The number of carbonyl (C=O) groups excluding carboxylic acids is 2. The van der Waals surface area contributed by atoms with Gasteiger partial charge in [-0.2, -0.15) is 4.98 Å². The second-order valence-electron chi connectivity index (χ2n) is 12.6. The smallest absolute Gasteiger partial charge is 0.251 e. The molecule has 5 aliphatic rings. The van der Waals surface area contributed by atoms with E-state index < -0.39 is 0 Å². The largest absolute Gasteiger partial charge is 0.491 e. The molecule has 3 aliphatic heterocycles. The monoisotopic (exact) mass is 559 g/mol. The maximum atomic E-state index is 13.4. The van der Waals surface area contributed by atoms with Crippen molar-refractivity contribution in [3.63, 3.8) is 0 Å². The molecule has 2 saturated carbocycles. The fourth-order valence-corrected chi connectivity index (χ4v) is 8.09. The van der Waals surface area contributed by atoms with Crippen molar-refractivity contribution in [1.82, 2.24) is 20.2 Å². The van der Waals surface area contributed by atoms with Crippen molar-refractivity contribution in [1.29, 1.82) is 0 Å². The van der Waals surface area contributed by atoms with Gasteiger partial charge in [-0.3, -0.25) is 9.59 Å². The molecule has 1 aromatic carbocycles. The Bertz CT molecular complexity index is 1350. The molecule has 41 heavy (non-hydrogen) atoms. The van der Waals surface area contributed by atoms with Crippen LogP contribution in [0.4, 0.5) is 23.1 Å². The van der Waals surface area contributed by atoms with E-state index in [1.54, 1.807) is 11.1 Å². The zero-order valence-electron chi connectivity index (χ0n) is 24.4. The molecule has 0 bridgehead atoms. The number of aromatic nitrogens is 2. The maximum Gasteiger partial charge on any atom is 0.251 e. The lowest BCUT2D eigenvalue weighted by Gasteiger charge is -2.43. The van der Waals surface area contributed by atoms with Crippen LogP contribution in [0.5, 0.6) is 5.75 Å². The topological polar surface area (TPSA) is 103 Å². The number of amides is 2. The predicted octanol–water partition coefficient (Wildman–Crippen LogP) is 3.73. The normalized spacial score (nSPS) is 27.5. The highest BCUT2D eigenvalue weighted by Crippen LogP contribution is 2.42. The van der Waals surface area contributed by atoms with Gasteiger partial charge in [0.05, 0.1) is 18.5 Å². The summed E-state index contributed by atoms with van der Waals surface area (Å²) in [5.74, 6) is 3.45. The molecule has 2 aliphatic carbocycles. The molecule has 0 spiro atoms. The molecule has 10 nitrogen and oxygen atoms in total. The van der Waals surface area contributed by atoms with Gasteiger partial charge in [0.2, 0.25) is 11.9 Å². The number of likely N-dealkylation sites (N-methyl/N-ethyl adjacent to an activating group) is 1. The maximum absolute atomic E-state index is 13.4. The summed E-state index contributed by atoms with van der Waals surface area (Å²) < 4.78 is 6.05. The van der Waals surface area contributed by atoms with Gasteiger partial charge in [-0.25, -0.2) is 4.98 Å². The number of ether oxygens (including phenoxy) is 1. The lowest BCUT2D eigenvalue weighted by atomic mass is 10.0. The first-order valence-electron chi connectivity index (χ1n) is 15.4. The Kier molecular flexibility index (Phi) is 6.76. The Morgan fingerprint density at radius 1 is 1.12 bits per heavy atom. The van der Waals surface area contributed by atoms with Crippen LogP contribution >= 0.6 is 0 Å². The summed E-state index contributed by atoms with van der Waals surface area (Å²) >= 11 is 0. The summed E-state index contributed by atoms with van der Waals surface area (Å²) in [6.45, 7) is 4.88. The molecule has 0 radical (unpaired) electrons. The average Bonchev–Trinajstić information content (AvgIpc) is 3.76. The van der Waals surface area contributed by atoms with Crippen LogP contribution < -0.4 is 25.2 Å². The van der Waals surface area contributed by atoms with E-state index in [-0.39, 0.29) is 23.9 Å². The van der Waals surface area contributed by atoms with Crippen molar-refractivity contribution >= 4 is 35.0 Å². The van der Waals surface area contributed by atoms with Crippen LogP contribution in [0.25, 0.3) is 0 Å². The number of hydrogen-bond acceptors (Lipinski definition) is 8. The molecule has 1 aromatic heterocycles. The number of carbonyl (C=O) groups is 2. The SMILES string of the molecule is CC[C@@H]1C(=O)N(C)c2cnc(Nc3ccc(C(=O)N[C@H]4C[C@@H]5CN(C)C[C@@H]5C4)c4c3OCC4)nc2N1C1CCCC1. The van der Waals surface area contributed by atoms with Gasteiger partial charge in [0.1, 0.15) is 17.5 Å². The van der Waals surface area contributed by atoms with Crippen LogP contribution in [0.1, 0.15) is 67.8 Å². The van der Waals surface area contributed by atoms with E-state index in [9.17, 15) is 9.59 Å². The van der Waals surface area contributed by atoms with Gasteiger partial charge in [0.15, 0.2) is 5.82 Å². The highest BCUT2D eigenvalue weighted by molar-refractivity contribution is 6.04. The molecule has 2 amide bonds. The zero-order chi connectivity index (χ0) is 28.2. The Hall–Kier alpha value is -3.40. The van der Waals surface area contributed by atoms with Gasteiger partial charge in [-0.15, -0.1) is 0 Å². The molecule has 2 aromatic rings. The number of likely N-dealkylation sites (tertiary alicyclic amines) is 1. The highest BCUT2D eigenvalue weighted by Gasteiger charge is 2.42. The van der Waals surface area contributed by atoms with Crippen molar-refractivity contribution < 1.29 is 14.3 Å². The van der Waals surface area contributed by atoms with E-state index in [1.165, 1.54) is 12.8 Å². The molecule has 2 N–H and O–H groups in total. The summed E-state index contributed by atoms with van der Waals surface area (Å²) in [6.07, 6.45) is 9.79. The summed E-state index contributed by atoms with van der Waals surface area (Å²) in [6, 6.07) is 4.14. The van der Waals surface area contributed by atoms with E-state index in [0.29, 0.717) is 48.2 Å². The first kappa shape index (κ1) is 26.5. The van der Waals surface area contributed by atoms with E-state index >= 15 is 0 Å². The molecule has 4 atom stereocenters. The molecule has 7 rings (SSSR count). The summed E-state index contributed by atoms with van der Waals surface area (Å²) in [7, 11) is 4.00. The molecule has 10 heteroatoms. The highest BCUT2D eigenvalue weighted by atomic mass is 16.5. The summed E-state index contributed by atoms with van der Waals surface area (Å²) in [4.78, 5) is 42.5. The Balaban J connectivity index is 1.13. The zero-order valence-corrected chi connectivity index (χ0v) is 24.4. The molecule has 3 fully saturated rings. The first-order chi connectivity index (χ1) is 19.9. The van der Waals surface area contributed by atoms with Crippen LogP contribution in [-0.4, -0.2) is 78.6 Å². The number of fused-ring (bicyclic) bond motifs is 3. The van der Waals surface area contributed by atoms with Gasteiger partial charge >= 0.3 is 0 Å². The van der Waals surface area contributed by atoms with Gasteiger partial charge < -0.3 is 30.1 Å². The van der Waals surface area contributed by atoms with Crippen LogP contribution in [0.3, 0.4) is 0 Å². The number of anilines is 4. The molecule has 218 valence electrons.